The Kier molecular flexibility index (Phi) is 4.94. The molecule has 3 aromatic rings. The molecule has 2 aliphatic rings. The number of nitrogens with zero attached hydrogens (tertiary/aromatic N) is 3. The van der Waals surface area contributed by atoms with E-state index in [4.69, 9.17) is 0 Å². The summed E-state index contributed by atoms with van der Waals surface area (Å²) < 4.78 is 0. The Morgan fingerprint density at radius 1 is 1.03 bits per heavy atom. The van der Waals surface area contributed by atoms with Crippen molar-refractivity contribution in [3.8, 4) is 0 Å². The van der Waals surface area contributed by atoms with Crippen molar-refractivity contribution in [2.24, 2.45) is 0 Å². The number of H-pyrrole nitrogens is 1. The molecule has 1 amide bonds. The lowest BCUT2D eigenvalue weighted by Gasteiger charge is -2.38. The third-order valence-electron chi connectivity index (χ3n) is 6.25. The number of aromatic amines is 1. The maximum absolute atomic E-state index is 12.6. The molecule has 5 rings (SSSR count). The Bertz CT molecular complexity index is 985. The zero-order chi connectivity index (χ0) is 19.6. The Balaban J connectivity index is 1.28. The summed E-state index contributed by atoms with van der Waals surface area (Å²) >= 11 is 0. The lowest BCUT2D eigenvalue weighted by atomic mass is 10.2. The first kappa shape index (κ1) is 18.2. The Morgan fingerprint density at radius 3 is 2.55 bits per heavy atom. The van der Waals surface area contributed by atoms with Crippen LogP contribution in [0.15, 0.2) is 48.7 Å². The molecule has 0 bridgehead atoms. The topological polar surface area (TPSA) is 64.3 Å². The van der Waals surface area contributed by atoms with Crippen molar-refractivity contribution in [3.63, 3.8) is 0 Å². The van der Waals surface area contributed by atoms with Gasteiger partial charge in [0, 0.05) is 43.3 Å². The fraction of sp³-hybridized carbons (Fsp3) is 0.391. The molecule has 29 heavy (non-hydrogen) atoms. The number of carbonyl (C=O) groups is 1. The molecule has 150 valence electrons. The molecule has 0 spiro atoms. The molecule has 2 aromatic heterocycles. The zero-order valence-electron chi connectivity index (χ0n) is 16.6. The number of rotatable bonds is 4. The van der Waals surface area contributed by atoms with E-state index in [2.05, 4.69) is 31.2 Å². The first-order chi connectivity index (χ1) is 14.3. The summed E-state index contributed by atoms with van der Waals surface area (Å²) in [6, 6.07) is 14.3. The lowest BCUT2D eigenvalue weighted by molar-refractivity contribution is 0.102. The van der Waals surface area contributed by atoms with Gasteiger partial charge in [-0.05, 0) is 37.1 Å². The molecular weight excluding hydrogens is 362 g/mol. The Morgan fingerprint density at radius 2 is 1.79 bits per heavy atom. The van der Waals surface area contributed by atoms with E-state index in [0.717, 1.165) is 54.6 Å². The van der Waals surface area contributed by atoms with Crippen molar-refractivity contribution in [2.45, 2.75) is 31.7 Å². The third-order valence-corrected chi connectivity index (χ3v) is 6.25. The van der Waals surface area contributed by atoms with Crippen LogP contribution in [0.25, 0.3) is 10.9 Å². The number of hydrogen-bond acceptors (Lipinski definition) is 4. The van der Waals surface area contributed by atoms with Gasteiger partial charge in [0.2, 0.25) is 0 Å². The standard InChI is InChI=1S/C23H27N5O/c29-23(25-18-6-2-1-3-7-18)20-14-17-15-22(24-16-21(17)26-20)28-12-10-27(11-13-28)19-8-4-5-9-19/h1-3,6-7,14-16,19,26H,4-5,8-13H2,(H,25,29). The fourth-order valence-electron chi connectivity index (χ4n) is 4.62. The van der Waals surface area contributed by atoms with Crippen molar-refractivity contribution >= 4 is 28.3 Å². The summed E-state index contributed by atoms with van der Waals surface area (Å²) in [6.07, 6.45) is 7.34. The molecule has 1 aliphatic carbocycles. The van der Waals surface area contributed by atoms with Gasteiger partial charge in [-0.15, -0.1) is 0 Å². The van der Waals surface area contributed by atoms with Gasteiger partial charge < -0.3 is 15.2 Å². The first-order valence-corrected chi connectivity index (χ1v) is 10.6. The van der Waals surface area contributed by atoms with Crippen LogP contribution < -0.4 is 10.2 Å². The number of fused-ring (bicyclic) bond motifs is 1. The smallest absolute Gasteiger partial charge is 0.272 e. The molecule has 6 heteroatoms. The number of aromatic nitrogens is 2. The van der Waals surface area contributed by atoms with Gasteiger partial charge in [0.05, 0.1) is 11.7 Å². The van der Waals surface area contributed by atoms with Crippen LogP contribution in [0.3, 0.4) is 0 Å². The van der Waals surface area contributed by atoms with E-state index in [9.17, 15) is 4.79 Å². The van der Waals surface area contributed by atoms with Gasteiger partial charge in [-0.3, -0.25) is 9.69 Å². The van der Waals surface area contributed by atoms with Crippen molar-refractivity contribution in [3.05, 3.63) is 54.4 Å². The van der Waals surface area contributed by atoms with Crippen LogP contribution in [-0.4, -0.2) is 53.0 Å². The van der Waals surface area contributed by atoms with Crippen LogP contribution in [0.5, 0.6) is 0 Å². The number of anilines is 2. The molecule has 1 aromatic carbocycles. The van der Waals surface area contributed by atoms with Crippen molar-refractivity contribution in [1.29, 1.82) is 0 Å². The summed E-state index contributed by atoms with van der Waals surface area (Å²) in [4.78, 5) is 25.4. The summed E-state index contributed by atoms with van der Waals surface area (Å²) in [5.74, 6) is 0.858. The van der Waals surface area contributed by atoms with Gasteiger partial charge >= 0.3 is 0 Å². The molecule has 6 nitrogen and oxygen atoms in total. The molecule has 1 saturated carbocycles. The summed E-state index contributed by atoms with van der Waals surface area (Å²) in [7, 11) is 0. The molecule has 2 N–H and O–H groups in total. The van der Waals surface area contributed by atoms with Crippen LogP contribution in [0.1, 0.15) is 36.2 Å². The van der Waals surface area contributed by atoms with Crippen LogP contribution in [0.2, 0.25) is 0 Å². The predicted molar refractivity (Wildman–Crippen MR) is 117 cm³/mol. The minimum atomic E-state index is -0.140. The highest BCUT2D eigenvalue weighted by Gasteiger charge is 2.26. The molecule has 1 saturated heterocycles. The second-order valence-electron chi connectivity index (χ2n) is 8.09. The van der Waals surface area contributed by atoms with E-state index in [-0.39, 0.29) is 5.91 Å². The van der Waals surface area contributed by atoms with Crippen molar-refractivity contribution in [1.82, 2.24) is 14.9 Å². The predicted octanol–water partition coefficient (Wildman–Crippen LogP) is 3.88. The van der Waals surface area contributed by atoms with Crippen molar-refractivity contribution in [2.75, 3.05) is 36.4 Å². The highest BCUT2D eigenvalue weighted by Crippen LogP contribution is 2.26. The number of para-hydroxylation sites is 1. The number of amides is 1. The fourth-order valence-corrected chi connectivity index (χ4v) is 4.62. The maximum Gasteiger partial charge on any atom is 0.272 e. The van der Waals surface area contributed by atoms with Crippen molar-refractivity contribution < 1.29 is 4.79 Å². The average Bonchev–Trinajstić information content (AvgIpc) is 3.44. The Hall–Kier alpha value is -2.86. The van der Waals surface area contributed by atoms with E-state index in [1.165, 1.54) is 25.7 Å². The van der Waals surface area contributed by atoms with Gasteiger partial charge in [0.25, 0.3) is 5.91 Å². The minimum absolute atomic E-state index is 0.140. The van der Waals surface area contributed by atoms with E-state index >= 15 is 0 Å². The van der Waals surface area contributed by atoms with Gasteiger partial charge in [0.1, 0.15) is 11.5 Å². The molecule has 3 heterocycles. The average molecular weight is 390 g/mol. The highest BCUT2D eigenvalue weighted by atomic mass is 16.1. The number of pyridine rings is 1. The third kappa shape index (κ3) is 3.85. The van der Waals surface area contributed by atoms with Crippen LogP contribution in [0.4, 0.5) is 11.5 Å². The van der Waals surface area contributed by atoms with Crippen LogP contribution in [0, 0.1) is 0 Å². The SMILES string of the molecule is O=C(Nc1ccccc1)c1cc2cc(N3CCN(C4CCCC4)CC3)ncc2[nH]1. The van der Waals surface area contributed by atoms with Gasteiger partial charge in [-0.25, -0.2) is 4.98 Å². The maximum atomic E-state index is 12.6. The minimum Gasteiger partial charge on any atom is -0.354 e. The van der Waals surface area contributed by atoms with E-state index in [0.29, 0.717) is 5.69 Å². The van der Waals surface area contributed by atoms with Crippen LogP contribution in [-0.2, 0) is 0 Å². The van der Waals surface area contributed by atoms with E-state index in [1.54, 1.807) is 0 Å². The number of nitrogens with one attached hydrogen (secondary N) is 2. The summed E-state index contributed by atoms with van der Waals surface area (Å²) in [6.45, 7) is 4.26. The molecule has 0 atom stereocenters. The number of piperazine rings is 1. The molecule has 0 radical (unpaired) electrons. The van der Waals surface area contributed by atoms with Crippen LogP contribution >= 0.6 is 0 Å². The monoisotopic (exact) mass is 389 g/mol. The number of hydrogen-bond donors (Lipinski definition) is 2. The first-order valence-electron chi connectivity index (χ1n) is 10.6. The van der Waals surface area contributed by atoms with Gasteiger partial charge in [-0.2, -0.15) is 0 Å². The summed E-state index contributed by atoms with van der Waals surface area (Å²) in [5, 5.41) is 3.94. The molecular formula is C23H27N5O. The molecule has 1 aliphatic heterocycles. The molecule has 2 fully saturated rings. The quantitative estimate of drug-likeness (QED) is 0.711. The van der Waals surface area contributed by atoms with Gasteiger partial charge in [0.15, 0.2) is 0 Å². The van der Waals surface area contributed by atoms with E-state index in [1.807, 2.05) is 42.6 Å². The largest absolute Gasteiger partial charge is 0.354 e. The Labute approximate surface area is 170 Å². The molecule has 0 unspecified atom stereocenters. The lowest BCUT2D eigenvalue weighted by Crippen LogP contribution is -2.49. The second-order valence-corrected chi connectivity index (χ2v) is 8.09. The normalized spacial score (nSPS) is 18.4. The van der Waals surface area contributed by atoms with Gasteiger partial charge in [-0.1, -0.05) is 31.0 Å². The zero-order valence-corrected chi connectivity index (χ0v) is 16.6. The highest BCUT2D eigenvalue weighted by molar-refractivity contribution is 6.06. The second kappa shape index (κ2) is 7.87. The number of benzene rings is 1. The van der Waals surface area contributed by atoms with E-state index < -0.39 is 0 Å². The number of carbonyl (C=O) groups excluding carboxylic acids is 1. The summed E-state index contributed by atoms with van der Waals surface area (Å²) in [5.41, 5.74) is 2.22.